The van der Waals surface area contributed by atoms with E-state index in [9.17, 15) is 24.6 Å². The molecule has 0 saturated carbocycles. The normalized spacial score (nSPS) is 20.7. The number of thioether (sulfide) groups is 1. The molecule has 118 valence electrons. The Bertz CT molecular complexity index is 632. The van der Waals surface area contributed by atoms with Gasteiger partial charge in [0.2, 0.25) is 5.91 Å². The van der Waals surface area contributed by atoms with Crippen molar-refractivity contribution in [1.82, 2.24) is 4.90 Å². The van der Waals surface area contributed by atoms with E-state index in [2.05, 4.69) is 0 Å². The number of benzene rings is 1. The van der Waals surface area contributed by atoms with Crippen molar-refractivity contribution in [1.29, 1.82) is 0 Å². The summed E-state index contributed by atoms with van der Waals surface area (Å²) in [6.07, 6.45) is 0. The minimum absolute atomic E-state index is 0.0782. The number of carboxylic acid groups (broad SMARTS) is 1. The lowest BCUT2D eigenvalue weighted by Gasteiger charge is -2.27. The van der Waals surface area contributed by atoms with Crippen LogP contribution in [-0.2, 0) is 14.3 Å². The van der Waals surface area contributed by atoms with Gasteiger partial charge in [0.25, 0.3) is 0 Å². The minimum Gasteiger partial charge on any atom is -0.508 e. The molecule has 1 saturated heterocycles. The van der Waals surface area contributed by atoms with Gasteiger partial charge in [-0.05, 0) is 18.2 Å². The summed E-state index contributed by atoms with van der Waals surface area (Å²) in [7, 11) is 1.23. The topological polar surface area (TPSA) is 104 Å². The molecule has 0 bridgehead atoms. The third-order valence-electron chi connectivity index (χ3n) is 3.36. The number of methoxy groups -OCH3 is 1. The summed E-state index contributed by atoms with van der Waals surface area (Å²) in [6, 6.07) is 3.11. The first kappa shape index (κ1) is 16.2. The second-order valence-corrected chi connectivity index (χ2v) is 5.84. The lowest BCUT2D eigenvalue weighted by atomic mass is 10.1. The van der Waals surface area contributed by atoms with Crippen molar-refractivity contribution in [2.24, 2.45) is 0 Å². The zero-order valence-electron chi connectivity index (χ0n) is 12.0. The number of hydrogen-bond acceptors (Lipinski definition) is 6. The lowest BCUT2D eigenvalue weighted by Crippen LogP contribution is -2.42. The van der Waals surface area contributed by atoms with Crippen LogP contribution in [0.2, 0.25) is 0 Å². The van der Waals surface area contributed by atoms with E-state index in [4.69, 9.17) is 4.74 Å². The molecule has 1 aliphatic rings. The number of carbonyl (C=O) groups excluding carboxylic acids is 2. The van der Waals surface area contributed by atoms with Crippen LogP contribution in [0.3, 0.4) is 0 Å². The van der Waals surface area contributed by atoms with Crippen molar-refractivity contribution >= 4 is 29.6 Å². The van der Waals surface area contributed by atoms with Crippen LogP contribution in [0.4, 0.5) is 0 Å². The molecule has 1 aromatic carbocycles. The van der Waals surface area contributed by atoms with Gasteiger partial charge < -0.3 is 19.8 Å². The molecular weight excluding hydrogens is 310 g/mol. The largest absolute Gasteiger partial charge is 0.508 e. The molecule has 7 nitrogen and oxygen atoms in total. The van der Waals surface area contributed by atoms with Crippen molar-refractivity contribution in [3.8, 4) is 5.75 Å². The van der Waals surface area contributed by atoms with Gasteiger partial charge in [-0.1, -0.05) is 0 Å². The SMILES string of the molecule is COC(=O)c1ccc(O)cc1C1SCC(C(=O)O)N1C(C)=O. The van der Waals surface area contributed by atoms with E-state index in [1.807, 2.05) is 0 Å². The number of amides is 1. The third kappa shape index (κ3) is 2.87. The van der Waals surface area contributed by atoms with E-state index in [1.165, 1.54) is 48.9 Å². The molecule has 0 aromatic heterocycles. The predicted octanol–water partition coefficient (Wildman–Crippen LogP) is 1.23. The molecule has 8 heteroatoms. The van der Waals surface area contributed by atoms with Gasteiger partial charge in [-0.3, -0.25) is 4.79 Å². The van der Waals surface area contributed by atoms with Crippen LogP contribution < -0.4 is 0 Å². The van der Waals surface area contributed by atoms with Crippen molar-refractivity contribution in [3.63, 3.8) is 0 Å². The van der Waals surface area contributed by atoms with E-state index >= 15 is 0 Å². The Morgan fingerprint density at radius 1 is 1.36 bits per heavy atom. The summed E-state index contributed by atoms with van der Waals surface area (Å²) in [5, 5.41) is 18.2. The van der Waals surface area contributed by atoms with Gasteiger partial charge in [0.15, 0.2) is 0 Å². The Balaban J connectivity index is 2.50. The number of aromatic hydroxyl groups is 1. The van der Waals surface area contributed by atoms with Gasteiger partial charge >= 0.3 is 11.9 Å². The monoisotopic (exact) mass is 325 g/mol. The average Bonchev–Trinajstić information content (AvgIpc) is 2.91. The van der Waals surface area contributed by atoms with Crippen LogP contribution in [-0.4, -0.2) is 51.9 Å². The maximum Gasteiger partial charge on any atom is 0.338 e. The van der Waals surface area contributed by atoms with E-state index < -0.39 is 29.3 Å². The van der Waals surface area contributed by atoms with Gasteiger partial charge in [0, 0.05) is 18.2 Å². The first-order valence-corrected chi connectivity index (χ1v) is 7.46. The molecule has 1 heterocycles. The van der Waals surface area contributed by atoms with Crippen LogP contribution in [0, 0.1) is 0 Å². The number of hydrogen-bond donors (Lipinski definition) is 2. The van der Waals surface area contributed by atoms with Crippen LogP contribution in [0.15, 0.2) is 18.2 Å². The molecule has 2 rings (SSSR count). The number of rotatable bonds is 3. The molecule has 1 fully saturated rings. The molecule has 2 N–H and O–H groups in total. The van der Waals surface area contributed by atoms with Gasteiger partial charge in [0.1, 0.15) is 17.2 Å². The Kier molecular flexibility index (Phi) is 4.60. The fourth-order valence-electron chi connectivity index (χ4n) is 2.37. The summed E-state index contributed by atoms with van der Waals surface area (Å²) >= 11 is 1.22. The molecule has 1 aromatic rings. The number of phenols is 1. The van der Waals surface area contributed by atoms with Crippen molar-refractivity contribution < 1.29 is 29.3 Å². The Labute approximate surface area is 130 Å². The maximum absolute atomic E-state index is 11.9. The van der Waals surface area contributed by atoms with Crippen molar-refractivity contribution in [2.75, 3.05) is 12.9 Å². The summed E-state index contributed by atoms with van der Waals surface area (Å²) in [5.41, 5.74) is 0.547. The molecule has 0 aliphatic carbocycles. The van der Waals surface area contributed by atoms with Gasteiger partial charge in [-0.2, -0.15) is 0 Å². The number of phenolic OH excluding ortho intramolecular Hbond substituents is 1. The first-order valence-electron chi connectivity index (χ1n) is 6.41. The Morgan fingerprint density at radius 2 is 2.05 bits per heavy atom. The number of esters is 1. The van der Waals surface area contributed by atoms with E-state index in [-0.39, 0.29) is 17.1 Å². The number of carbonyl (C=O) groups is 3. The van der Waals surface area contributed by atoms with Crippen LogP contribution >= 0.6 is 11.8 Å². The van der Waals surface area contributed by atoms with Crippen molar-refractivity contribution in [2.45, 2.75) is 18.3 Å². The Hall–Kier alpha value is -2.22. The zero-order valence-corrected chi connectivity index (χ0v) is 12.8. The summed E-state index contributed by atoms with van der Waals surface area (Å²) in [6.45, 7) is 1.27. The zero-order chi connectivity index (χ0) is 16.4. The summed E-state index contributed by atoms with van der Waals surface area (Å²) < 4.78 is 4.70. The third-order valence-corrected chi connectivity index (χ3v) is 4.66. The van der Waals surface area contributed by atoms with Gasteiger partial charge in [-0.15, -0.1) is 11.8 Å². The molecular formula is C14H15NO6S. The number of ether oxygens (including phenoxy) is 1. The summed E-state index contributed by atoms with van der Waals surface area (Å²) in [5.74, 6) is -2.01. The highest BCUT2D eigenvalue weighted by Gasteiger charge is 2.42. The van der Waals surface area contributed by atoms with Crippen LogP contribution in [0.25, 0.3) is 0 Å². The molecule has 0 radical (unpaired) electrons. The van der Waals surface area contributed by atoms with E-state index in [0.717, 1.165) is 0 Å². The number of aliphatic carboxylic acids is 1. The summed E-state index contributed by atoms with van der Waals surface area (Å²) in [4.78, 5) is 36.2. The molecule has 1 aliphatic heterocycles. The van der Waals surface area contributed by atoms with Crippen molar-refractivity contribution in [3.05, 3.63) is 29.3 Å². The van der Waals surface area contributed by atoms with Gasteiger partial charge in [0.05, 0.1) is 12.7 Å². The minimum atomic E-state index is -1.11. The smallest absolute Gasteiger partial charge is 0.338 e. The Morgan fingerprint density at radius 3 is 2.59 bits per heavy atom. The van der Waals surface area contributed by atoms with Gasteiger partial charge in [-0.25, -0.2) is 9.59 Å². The predicted molar refractivity (Wildman–Crippen MR) is 78.6 cm³/mol. The fourth-order valence-corrected chi connectivity index (χ4v) is 3.87. The quantitative estimate of drug-likeness (QED) is 0.805. The lowest BCUT2D eigenvalue weighted by molar-refractivity contribution is -0.148. The maximum atomic E-state index is 11.9. The second-order valence-electron chi connectivity index (χ2n) is 4.73. The molecule has 2 atom stereocenters. The number of carboxylic acids is 1. The molecule has 0 spiro atoms. The second kappa shape index (κ2) is 6.27. The highest BCUT2D eigenvalue weighted by Crippen LogP contribution is 2.43. The molecule has 22 heavy (non-hydrogen) atoms. The average molecular weight is 325 g/mol. The van der Waals surface area contributed by atoms with Crippen LogP contribution in [0.1, 0.15) is 28.2 Å². The number of nitrogens with zero attached hydrogens (tertiary/aromatic N) is 1. The fraction of sp³-hybridized carbons (Fsp3) is 0.357. The standard InChI is InChI=1S/C14H15NO6S/c1-7(16)15-11(13(18)19)6-22-12(15)10-5-8(17)3-4-9(10)14(20)21-2/h3-5,11-12,17H,6H2,1-2H3,(H,18,19). The molecule has 2 unspecified atom stereocenters. The van der Waals surface area contributed by atoms with E-state index in [1.54, 1.807) is 0 Å². The van der Waals surface area contributed by atoms with Crippen LogP contribution in [0.5, 0.6) is 5.75 Å². The van der Waals surface area contributed by atoms with E-state index in [0.29, 0.717) is 5.56 Å². The molecule has 1 amide bonds. The highest BCUT2D eigenvalue weighted by atomic mass is 32.2. The highest BCUT2D eigenvalue weighted by molar-refractivity contribution is 7.99. The first-order chi connectivity index (χ1) is 10.4.